The average molecular weight is 270 g/mol. The van der Waals surface area contributed by atoms with E-state index in [9.17, 15) is 5.26 Å². The number of nitrogens with zero attached hydrogens (tertiary/aromatic N) is 1. The summed E-state index contributed by atoms with van der Waals surface area (Å²) in [6.07, 6.45) is 7.15. The van der Waals surface area contributed by atoms with Crippen molar-refractivity contribution < 1.29 is 4.42 Å². The molecule has 0 unspecified atom stereocenters. The maximum Gasteiger partial charge on any atom is 0.135 e. The first-order valence-corrected chi connectivity index (χ1v) is 6.94. The highest BCUT2D eigenvalue weighted by Crippen LogP contribution is 2.33. The summed E-state index contributed by atoms with van der Waals surface area (Å²) in [6.45, 7) is 0. The molecule has 1 aliphatic carbocycles. The fourth-order valence-corrected chi connectivity index (χ4v) is 3.03. The lowest BCUT2D eigenvalue weighted by Gasteiger charge is -2.13. The van der Waals surface area contributed by atoms with Gasteiger partial charge in [-0.2, -0.15) is 5.26 Å². The van der Waals surface area contributed by atoms with Crippen LogP contribution in [0.4, 0.5) is 0 Å². The summed E-state index contributed by atoms with van der Waals surface area (Å²) >= 11 is 5.32. The average Bonchev–Trinajstić information content (AvgIpc) is 2.83. The molecule has 0 fully saturated rings. The van der Waals surface area contributed by atoms with Gasteiger partial charge in [0.25, 0.3) is 0 Å². The van der Waals surface area contributed by atoms with Crippen molar-refractivity contribution in [2.45, 2.75) is 32.1 Å². The van der Waals surface area contributed by atoms with Gasteiger partial charge in [-0.25, -0.2) is 0 Å². The second-order valence-electron chi connectivity index (χ2n) is 4.81. The van der Waals surface area contributed by atoms with Gasteiger partial charge in [-0.1, -0.05) is 18.6 Å². The Labute approximate surface area is 116 Å². The molecule has 96 valence electrons. The lowest BCUT2D eigenvalue weighted by molar-refractivity contribution is 0.581. The lowest BCUT2D eigenvalue weighted by Crippen LogP contribution is -2.02. The van der Waals surface area contributed by atoms with Crippen LogP contribution in [0.3, 0.4) is 0 Å². The molecule has 2 aromatic rings. The van der Waals surface area contributed by atoms with E-state index < -0.39 is 0 Å². The van der Waals surface area contributed by atoms with Crippen LogP contribution in [0.25, 0.3) is 11.3 Å². The second-order valence-corrected chi connectivity index (χ2v) is 5.22. The number of aromatic amines is 1. The first kappa shape index (κ1) is 12.2. The lowest BCUT2D eigenvalue weighted by atomic mass is 9.96. The summed E-state index contributed by atoms with van der Waals surface area (Å²) in [5, 5.41) is 9.39. The molecular formula is C15H14N2OS. The molecule has 19 heavy (non-hydrogen) atoms. The van der Waals surface area contributed by atoms with Gasteiger partial charge in [0, 0.05) is 11.3 Å². The van der Waals surface area contributed by atoms with E-state index in [1.165, 1.54) is 24.1 Å². The molecule has 0 radical (unpaired) electrons. The second kappa shape index (κ2) is 5.02. The minimum absolute atomic E-state index is 0.523. The first-order chi connectivity index (χ1) is 9.31. The molecule has 0 bridgehead atoms. The van der Waals surface area contributed by atoms with Crippen molar-refractivity contribution >= 4 is 12.2 Å². The third-order valence-corrected chi connectivity index (χ3v) is 3.95. The zero-order valence-corrected chi connectivity index (χ0v) is 11.3. The molecule has 0 aliphatic heterocycles. The minimum Gasteiger partial charge on any atom is -0.464 e. The summed E-state index contributed by atoms with van der Waals surface area (Å²) in [4.78, 5) is 3.24. The number of rotatable bonds is 1. The van der Waals surface area contributed by atoms with Gasteiger partial charge in [0.2, 0.25) is 0 Å². The highest BCUT2D eigenvalue weighted by Gasteiger charge is 2.20. The Morgan fingerprint density at radius 1 is 1.26 bits per heavy atom. The Kier molecular flexibility index (Phi) is 3.22. The van der Waals surface area contributed by atoms with Gasteiger partial charge in [0.1, 0.15) is 16.5 Å². The number of H-pyrrole nitrogens is 1. The normalized spacial score (nSPS) is 14.5. The predicted octanol–water partition coefficient (Wildman–Crippen LogP) is 4.14. The highest BCUT2D eigenvalue weighted by molar-refractivity contribution is 7.71. The van der Waals surface area contributed by atoms with Gasteiger partial charge in [0.15, 0.2) is 0 Å². The SMILES string of the molecule is N#Cc1c(-c2ccco2)c2c([nH]c1=S)CCCCC2. The van der Waals surface area contributed by atoms with Gasteiger partial charge < -0.3 is 9.40 Å². The molecule has 0 saturated heterocycles. The molecule has 4 heteroatoms. The van der Waals surface area contributed by atoms with Crippen molar-refractivity contribution in [3.05, 3.63) is 39.9 Å². The molecule has 3 nitrogen and oxygen atoms in total. The number of pyridine rings is 1. The van der Waals surface area contributed by atoms with Crippen LogP contribution in [-0.2, 0) is 12.8 Å². The van der Waals surface area contributed by atoms with Crippen molar-refractivity contribution in [3.8, 4) is 17.4 Å². The summed E-state index contributed by atoms with van der Waals surface area (Å²) in [7, 11) is 0. The Bertz CT molecular complexity index is 692. The van der Waals surface area contributed by atoms with E-state index >= 15 is 0 Å². The number of nitrogens with one attached hydrogen (secondary N) is 1. The topological polar surface area (TPSA) is 52.7 Å². The van der Waals surface area contributed by atoms with Crippen LogP contribution in [0.1, 0.15) is 36.1 Å². The van der Waals surface area contributed by atoms with Crippen LogP contribution in [-0.4, -0.2) is 4.98 Å². The third-order valence-electron chi connectivity index (χ3n) is 3.64. The maximum atomic E-state index is 9.39. The number of hydrogen-bond acceptors (Lipinski definition) is 3. The Morgan fingerprint density at radius 2 is 2.11 bits per heavy atom. The van der Waals surface area contributed by atoms with E-state index in [1.807, 2.05) is 12.1 Å². The summed E-state index contributed by atoms with van der Waals surface area (Å²) in [5.74, 6) is 0.745. The van der Waals surface area contributed by atoms with E-state index in [2.05, 4.69) is 11.1 Å². The smallest absolute Gasteiger partial charge is 0.135 e. The molecule has 1 aliphatic rings. The van der Waals surface area contributed by atoms with Crippen LogP contribution < -0.4 is 0 Å². The molecular weight excluding hydrogens is 256 g/mol. The molecule has 2 aromatic heterocycles. The third kappa shape index (κ3) is 2.11. The molecule has 2 heterocycles. The van der Waals surface area contributed by atoms with Crippen molar-refractivity contribution in [3.63, 3.8) is 0 Å². The number of furan rings is 1. The monoisotopic (exact) mass is 270 g/mol. The number of aromatic nitrogens is 1. The number of aryl methyl sites for hydroxylation is 1. The van der Waals surface area contributed by atoms with Crippen LogP contribution in [0.5, 0.6) is 0 Å². The van der Waals surface area contributed by atoms with Crippen LogP contribution in [0.2, 0.25) is 0 Å². The first-order valence-electron chi connectivity index (χ1n) is 6.53. The molecule has 0 aromatic carbocycles. The Morgan fingerprint density at radius 3 is 2.84 bits per heavy atom. The highest BCUT2D eigenvalue weighted by atomic mass is 32.1. The Hall–Kier alpha value is -1.86. The maximum absolute atomic E-state index is 9.39. The molecule has 0 atom stereocenters. The van der Waals surface area contributed by atoms with E-state index in [4.69, 9.17) is 16.6 Å². The number of hydrogen-bond donors (Lipinski definition) is 1. The van der Waals surface area contributed by atoms with E-state index in [0.29, 0.717) is 10.2 Å². The van der Waals surface area contributed by atoms with Crippen molar-refractivity contribution in [1.82, 2.24) is 4.98 Å². The molecule has 1 N–H and O–H groups in total. The van der Waals surface area contributed by atoms with E-state index in [-0.39, 0.29) is 0 Å². The van der Waals surface area contributed by atoms with Crippen molar-refractivity contribution in [2.75, 3.05) is 0 Å². The van der Waals surface area contributed by atoms with Gasteiger partial charge in [-0.05, 0) is 43.4 Å². The fourth-order valence-electron chi connectivity index (χ4n) is 2.76. The van der Waals surface area contributed by atoms with E-state index in [1.54, 1.807) is 6.26 Å². The van der Waals surface area contributed by atoms with Crippen LogP contribution in [0, 0.1) is 16.0 Å². The van der Waals surface area contributed by atoms with Gasteiger partial charge in [-0.15, -0.1) is 0 Å². The minimum atomic E-state index is 0.523. The molecule has 3 rings (SSSR count). The molecule has 0 amide bonds. The standard InChI is InChI=1S/C15H14N2OS/c16-9-11-14(13-7-4-8-18-13)10-5-2-1-3-6-12(10)17-15(11)19/h4,7-8H,1-3,5-6H2,(H,17,19). The van der Waals surface area contributed by atoms with E-state index in [0.717, 1.165) is 30.6 Å². The van der Waals surface area contributed by atoms with Crippen LogP contribution >= 0.6 is 12.2 Å². The molecule has 0 spiro atoms. The van der Waals surface area contributed by atoms with Crippen molar-refractivity contribution in [1.29, 1.82) is 5.26 Å². The van der Waals surface area contributed by atoms with Crippen LogP contribution in [0.15, 0.2) is 22.8 Å². The predicted molar refractivity (Wildman–Crippen MR) is 75.3 cm³/mol. The summed E-state index contributed by atoms with van der Waals surface area (Å²) < 4.78 is 6.04. The Balaban J connectivity index is 2.33. The quantitative estimate of drug-likeness (QED) is 0.625. The number of fused-ring (bicyclic) bond motifs is 1. The largest absolute Gasteiger partial charge is 0.464 e. The van der Waals surface area contributed by atoms with Crippen molar-refractivity contribution in [2.24, 2.45) is 0 Å². The molecule has 0 saturated carbocycles. The summed E-state index contributed by atoms with van der Waals surface area (Å²) in [6, 6.07) is 5.97. The fraction of sp³-hybridized carbons (Fsp3) is 0.333. The number of nitriles is 1. The van der Waals surface area contributed by atoms with Gasteiger partial charge >= 0.3 is 0 Å². The van der Waals surface area contributed by atoms with Gasteiger partial charge in [-0.3, -0.25) is 0 Å². The zero-order valence-electron chi connectivity index (χ0n) is 10.5. The summed E-state index contributed by atoms with van der Waals surface area (Å²) in [5.41, 5.74) is 3.81. The van der Waals surface area contributed by atoms with Gasteiger partial charge in [0.05, 0.1) is 11.8 Å². The zero-order chi connectivity index (χ0) is 13.2.